The standard InChI is InChI=1S/C56H79N5O10/c1-14-35(4)48(60(11)47(34(2)3)51(64)58-53(66)56(9,10)59-54(67)70-33-42-40-27-20-18-25-38(40)39-26-19-21-28-41(39)42)45(68-12)32-46(62)61-30-22-29-44(61)49(69-13)36(5)50(63)57-43(52(65)71-55(6,7)8)31-37-23-16-15-17-24-37/h15-21,23-28,34-36,42-45,47-49H,14,22,29-33H2,1-13H3,(H,57,63)(H,59,67)(H,58,64,66)/t35-,36+,43-,44-,45+,47-,48-,49+/m0/s1. The van der Waals surface area contributed by atoms with Crippen LogP contribution in [0.4, 0.5) is 4.79 Å². The molecule has 1 aliphatic carbocycles. The van der Waals surface area contributed by atoms with Crippen LogP contribution < -0.4 is 16.0 Å². The Hall–Kier alpha value is -5.64. The van der Waals surface area contributed by atoms with Gasteiger partial charge >= 0.3 is 12.1 Å². The highest BCUT2D eigenvalue weighted by molar-refractivity contribution is 6.02. The van der Waals surface area contributed by atoms with Gasteiger partial charge in [-0.15, -0.1) is 0 Å². The van der Waals surface area contributed by atoms with Crippen LogP contribution >= 0.6 is 0 Å². The van der Waals surface area contributed by atoms with E-state index in [1.54, 1.807) is 39.7 Å². The van der Waals surface area contributed by atoms with E-state index in [0.29, 0.717) is 25.8 Å². The Morgan fingerprint density at radius 2 is 1.39 bits per heavy atom. The van der Waals surface area contributed by atoms with Gasteiger partial charge in [0.05, 0.1) is 36.6 Å². The maximum absolute atomic E-state index is 14.5. The number of hydrogen-bond acceptors (Lipinski definition) is 11. The molecule has 0 unspecified atom stereocenters. The summed E-state index contributed by atoms with van der Waals surface area (Å²) >= 11 is 0. The summed E-state index contributed by atoms with van der Waals surface area (Å²) in [6.45, 7) is 18.5. The number of ether oxygens (including phenoxy) is 4. The second kappa shape index (κ2) is 24.7. The van der Waals surface area contributed by atoms with Gasteiger partial charge in [0.15, 0.2) is 0 Å². The summed E-state index contributed by atoms with van der Waals surface area (Å²) in [6.07, 6.45) is 0.0515. The molecule has 0 saturated carbocycles. The number of nitrogens with one attached hydrogen (secondary N) is 3. The first kappa shape index (κ1) is 56.3. The molecule has 15 heteroatoms. The molecule has 1 aliphatic heterocycles. The van der Waals surface area contributed by atoms with E-state index < -0.39 is 83.2 Å². The van der Waals surface area contributed by atoms with Crippen LogP contribution in [0.1, 0.15) is 118 Å². The number of amides is 5. The third-order valence-electron chi connectivity index (χ3n) is 14.1. The number of nitrogens with zero attached hydrogens (tertiary/aromatic N) is 2. The van der Waals surface area contributed by atoms with Crippen LogP contribution in [0, 0.1) is 17.8 Å². The smallest absolute Gasteiger partial charge is 0.408 e. The number of alkyl carbamates (subject to hydrolysis) is 1. The van der Waals surface area contributed by atoms with Gasteiger partial charge in [-0.05, 0) is 94.2 Å². The largest absolute Gasteiger partial charge is 0.458 e. The fourth-order valence-electron chi connectivity index (χ4n) is 10.3. The summed E-state index contributed by atoms with van der Waals surface area (Å²) in [5, 5.41) is 8.17. The molecule has 1 fully saturated rings. The monoisotopic (exact) mass is 982 g/mol. The van der Waals surface area contributed by atoms with E-state index in [1.165, 1.54) is 21.0 Å². The number of likely N-dealkylation sites (tertiary alicyclic amines) is 1. The number of carbonyl (C=O) groups is 6. The number of imide groups is 1. The lowest BCUT2D eigenvalue weighted by Gasteiger charge is -2.43. The molecule has 3 aromatic rings. The summed E-state index contributed by atoms with van der Waals surface area (Å²) in [5.74, 6) is -3.66. The molecule has 5 amide bonds. The molecule has 2 aliphatic rings. The predicted octanol–water partition coefficient (Wildman–Crippen LogP) is 7.43. The van der Waals surface area contributed by atoms with Crippen molar-refractivity contribution in [3.8, 4) is 11.1 Å². The number of carbonyl (C=O) groups excluding carboxylic acids is 6. The van der Waals surface area contributed by atoms with Crippen molar-refractivity contribution in [3.63, 3.8) is 0 Å². The van der Waals surface area contributed by atoms with E-state index in [-0.39, 0.29) is 43.1 Å². The minimum absolute atomic E-state index is 0.0242. The van der Waals surface area contributed by atoms with Gasteiger partial charge in [0, 0.05) is 39.1 Å². The third kappa shape index (κ3) is 14.1. The van der Waals surface area contributed by atoms with Crippen molar-refractivity contribution in [1.82, 2.24) is 25.8 Å². The summed E-state index contributed by atoms with van der Waals surface area (Å²) in [7, 11) is 4.89. The zero-order valence-electron chi connectivity index (χ0n) is 44.2. The highest BCUT2D eigenvalue weighted by Gasteiger charge is 2.44. The Labute approximate surface area is 421 Å². The summed E-state index contributed by atoms with van der Waals surface area (Å²) in [6, 6.07) is 22.8. The molecule has 388 valence electrons. The van der Waals surface area contributed by atoms with Crippen LogP contribution in [0.3, 0.4) is 0 Å². The van der Waals surface area contributed by atoms with Crippen LogP contribution in [-0.4, -0.2) is 127 Å². The Balaban J connectivity index is 1.24. The van der Waals surface area contributed by atoms with E-state index in [2.05, 4.69) is 28.1 Å². The van der Waals surface area contributed by atoms with Crippen molar-refractivity contribution in [2.45, 2.75) is 155 Å². The number of fused-ring (bicyclic) bond motifs is 3. The zero-order valence-corrected chi connectivity index (χ0v) is 44.2. The maximum atomic E-state index is 14.5. The molecule has 1 heterocycles. The van der Waals surface area contributed by atoms with E-state index in [9.17, 15) is 28.8 Å². The Morgan fingerprint density at radius 1 is 0.803 bits per heavy atom. The molecule has 3 N–H and O–H groups in total. The van der Waals surface area contributed by atoms with Gasteiger partial charge in [-0.3, -0.25) is 29.4 Å². The molecule has 8 atom stereocenters. The van der Waals surface area contributed by atoms with Crippen molar-refractivity contribution >= 4 is 35.7 Å². The van der Waals surface area contributed by atoms with E-state index in [0.717, 1.165) is 27.8 Å². The van der Waals surface area contributed by atoms with Gasteiger partial charge < -0.3 is 34.5 Å². The minimum Gasteiger partial charge on any atom is -0.458 e. The molecule has 3 aromatic carbocycles. The van der Waals surface area contributed by atoms with E-state index >= 15 is 0 Å². The van der Waals surface area contributed by atoms with Crippen LogP contribution in [0.5, 0.6) is 0 Å². The Kier molecular flexibility index (Phi) is 19.5. The molecule has 0 spiro atoms. The SMILES string of the molecule is CC[C@H](C)[C@@H]([C@@H](CC(=O)N1CCC[C@H]1[C@H](OC)[C@@H](C)C(=O)N[C@@H](Cc1ccccc1)C(=O)OC(C)(C)C)OC)N(C)[C@H](C(=O)NC(=O)C(C)(C)NC(=O)OCC1c2ccccc2-c2ccccc21)C(C)C. The Bertz CT molecular complexity index is 2270. The van der Waals surface area contributed by atoms with Gasteiger partial charge in [0.2, 0.25) is 17.7 Å². The van der Waals surface area contributed by atoms with E-state index in [1.807, 2.05) is 106 Å². The molecule has 0 radical (unpaired) electrons. The lowest BCUT2D eigenvalue weighted by molar-refractivity contribution is -0.159. The van der Waals surface area contributed by atoms with Crippen molar-refractivity contribution in [1.29, 1.82) is 0 Å². The summed E-state index contributed by atoms with van der Waals surface area (Å²) in [4.78, 5) is 87.0. The fourth-order valence-corrected chi connectivity index (χ4v) is 10.3. The zero-order chi connectivity index (χ0) is 52.4. The molecule has 71 heavy (non-hydrogen) atoms. The van der Waals surface area contributed by atoms with Crippen LogP contribution in [0.15, 0.2) is 78.9 Å². The van der Waals surface area contributed by atoms with Gasteiger partial charge in [-0.1, -0.05) is 120 Å². The quantitative estimate of drug-likeness (QED) is 0.0852. The molecule has 0 bridgehead atoms. The fraction of sp³-hybridized carbons (Fsp3) is 0.571. The summed E-state index contributed by atoms with van der Waals surface area (Å²) < 4.78 is 23.6. The first-order valence-corrected chi connectivity index (χ1v) is 25.2. The lowest BCUT2D eigenvalue weighted by Crippen LogP contribution is -2.62. The number of likely N-dealkylation sites (N-methyl/N-ethyl adjacent to an activating group) is 1. The molecular formula is C56H79N5O10. The Morgan fingerprint density at radius 3 is 1.94 bits per heavy atom. The predicted molar refractivity (Wildman–Crippen MR) is 273 cm³/mol. The van der Waals surface area contributed by atoms with Gasteiger partial charge in [0.1, 0.15) is 23.8 Å². The lowest BCUT2D eigenvalue weighted by atomic mass is 9.87. The number of benzene rings is 3. The number of rotatable bonds is 22. The molecule has 0 aromatic heterocycles. The topological polar surface area (TPSA) is 182 Å². The summed E-state index contributed by atoms with van der Waals surface area (Å²) in [5.41, 5.74) is 2.87. The highest BCUT2D eigenvalue weighted by atomic mass is 16.6. The average molecular weight is 982 g/mol. The molecule has 15 nitrogen and oxygen atoms in total. The normalized spacial score (nSPS) is 17.8. The number of esters is 1. The van der Waals surface area contributed by atoms with Crippen molar-refractivity contribution in [2.24, 2.45) is 17.8 Å². The van der Waals surface area contributed by atoms with Crippen molar-refractivity contribution < 1.29 is 47.7 Å². The average Bonchev–Trinajstić information content (AvgIpc) is 3.93. The van der Waals surface area contributed by atoms with Crippen LogP contribution in [-0.2, 0) is 49.3 Å². The number of methoxy groups -OCH3 is 2. The first-order chi connectivity index (χ1) is 33.5. The molecule has 5 rings (SSSR count). The van der Waals surface area contributed by atoms with Crippen LogP contribution in [0.25, 0.3) is 11.1 Å². The number of hydrogen-bond donors (Lipinski definition) is 3. The highest BCUT2D eigenvalue weighted by Crippen LogP contribution is 2.44. The van der Waals surface area contributed by atoms with Crippen LogP contribution in [0.2, 0.25) is 0 Å². The van der Waals surface area contributed by atoms with Gasteiger partial charge in [-0.25, -0.2) is 9.59 Å². The molecular weight excluding hydrogens is 903 g/mol. The first-order valence-electron chi connectivity index (χ1n) is 25.2. The molecule has 1 saturated heterocycles. The van der Waals surface area contributed by atoms with Crippen molar-refractivity contribution in [2.75, 3.05) is 34.4 Å². The maximum Gasteiger partial charge on any atom is 0.408 e. The van der Waals surface area contributed by atoms with Crippen molar-refractivity contribution in [3.05, 3.63) is 95.6 Å². The second-order valence-electron chi connectivity index (χ2n) is 21.2. The third-order valence-corrected chi connectivity index (χ3v) is 14.1. The van der Waals surface area contributed by atoms with Gasteiger partial charge in [0.25, 0.3) is 5.91 Å². The van der Waals surface area contributed by atoms with E-state index in [4.69, 9.17) is 18.9 Å². The second-order valence-corrected chi connectivity index (χ2v) is 21.2. The minimum atomic E-state index is -1.53. The van der Waals surface area contributed by atoms with Gasteiger partial charge in [-0.2, -0.15) is 0 Å².